The number of ether oxygens (including phenoxy) is 1. The van der Waals surface area contributed by atoms with Crippen LogP contribution in [0.4, 0.5) is 0 Å². The minimum absolute atomic E-state index is 0.0380. The highest BCUT2D eigenvalue weighted by Crippen LogP contribution is 2.66. The van der Waals surface area contributed by atoms with Gasteiger partial charge in [0.1, 0.15) is 0 Å². The van der Waals surface area contributed by atoms with E-state index in [2.05, 4.69) is 6.92 Å². The predicted molar refractivity (Wildman–Crippen MR) is 104 cm³/mol. The Labute approximate surface area is 171 Å². The van der Waals surface area contributed by atoms with E-state index >= 15 is 0 Å². The fourth-order valence-corrected chi connectivity index (χ4v) is 7.12. The average Bonchev–Trinajstić information content (AvgIpc) is 2.88. The second-order valence-electron chi connectivity index (χ2n) is 9.97. The summed E-state index contributed by atoms with van der Waals surface area (Å²) in [5, 5.41) is 11.4. The molecule has 6 nitrogen and oxygen atoms in total. The van der Waals surface area contributed by atoms with Crippen molar-refractivity contribution in [3.05, 3.63) is 11.6 Å². The number of carbonyl (C=O) groups is 4. The third kappa shape index (κ3) is 2.71. The van der Waals surface area contributed by atoms with Crippen LogP contribution in [0.2, 0.25) is 0 Å². The summed E-state index contributed by atoms with van der Waals surface area (Å²) in [5.74, 6) is -1.02. The molecule has 6 heteroatoms. The summed E-state index contributed by atoms with van der Waals surface area (Å²) in [6, 6.07) is 0. The monoisotopic (exact) mass is 402 g/mol. The van der Waals surface area contributed by atoms with Crippen molar-refractivity contribution in [1.82, 2.24) is 0 Å². The third-order valence-electron chi connectivity index (χ3n) is 8.80. The summed E-state index contributed by atoms with van der Waals surface area (Å²) in [6.45, 7) is 4.75. The first-order chi connectivity index (χ1) is 13.5. The minimum Gasteiger partial charge on any atom is -0.458 e. The summed E-state index contributed by atoms with van der Waals surface area (Å²) in [4.78, 5) is 48.9. The zero-order chi connectivity index (χ0) is 21.2. The molecule has 0 bridgehead atoms. The number of ketones is 3. The van der Waals surface area contributed by atoms with Crippen molar-refractivity contribution in [1.29, 1.82) is 0 Å². The van der Waals surface area contributed by atoms with Crippen LogP contribution < -0.4 is 0 Å². The van der Waals surface area contributed by atoms with Crippen molar-refractivity contribution in [3.63, 3.8) is 0 Å². The first-order valence-electron chi connectivity index (χ1n) is 10.7. The molecule has 0 aromatic rings. The van der Waals surface area contributed by atoms with Crippen LogP contribution in [0.15, 0.2) is 11.6 Å². The standard InChI is InChI=1S/C23H30O6/c1-13(24)29-12-20(27)23(28)19(26)11-18-16-5-4-14-10-15(25)6-8-21(14,2)17(16)7-9-22(18,23)3/h10,16-18,28H,4-9,11-12H2,1-3H3/t16-,17+,18+,21+,22+,23+/m1/s1. The van der Waals surface area contributed by atoms with Crippen LogP contribution in [0.5, 0.6) is 0 Å². The highest BCUT2D eigenvalue weighted by molar-refractivity contribution is 6.13. The zero-order valence-corrected chi connectivity index (χ0v) is 17.5. The summed E-state index contributed by atoms with van der Waals surface area (Å²) in [7, 11) is 0. The first kappa shape index (κ1) is 20.5. The van der Waals surface area contributed by atoms with E-state index in [-0.39, 0.29) is 29.5 Å². The number of rotatable bonds is 3. The normalized spacial score (nSPS) is 43.7. The molecule has 0 aliphatic heterocycles. The first-order valence-corrected chi connectivity index (χ1v) is 10.7. The second kappa shape index (κ2) is 6.59. The van der Waals surface area contributed by atoms with Crippen LogP contribution in [0.3, 0.4) is 0 Å². The molecule has 0 spiro atoms. The summed E-state index contributed by atoms with van der Waals surface area (Å²) in [5.41, 5.74) is -1.73. The van der Waals surface area contributed by atoms with E-state index in [1.54, 1.807) is 0 Å². The lowest BCUT2D eigenvalue weighted by atomic mass is 9.46. The van der Waals surface area contributed by atoms with Gasteiger partial charge in [-0.3, -0.25) is 19.2 Å². The van der Waals surface area contributed by atoms with Crippen LogP contribution in [-0.4, -0.2) is 40.6 Å². The lowest BCUT2D eigenvalue weighted by Crippen LogP contribution is -2.60. The predicted octanol–water partition coefficient (Wildman–Crippen LogP) is 2.56. The largest absolute Gasteiger partial charge is 0.458 e. The van der Waals surface area contributed by atoms with Crippen LogP contribution in [0, 0.1) is 28.6 Å². The Bertz CT molecular complexity index is 827. The van der Waals surface area contributed by atoms with Crippen LogP contribution in [0.25, 0.3) is 0 Å². The van der Waals surface area contributed by atoms with Gasteiger partial charge in [-0.15, -0.1) is 0 Å². The number of carbonyl (C=O) groups excluding carboxylic acids is 4. The lowest BCUT2D eigenvalue weighted by molar-refractivity contribution is -0.173. The molecule has 0 aromatic heterocycles. The third-order valence-corrected chi connectivity index (χ3v) is 8.80. The van der Waals surface area contributed by atoms with Crippen molar-refractivity contribution in [3.8, 4) is 0 Å². The second-order valence-corrected chi connectivity index (χ2v) is 9.97. The molecule has 6 atom stereocenters. The Morgan fingerprint density at radius 1 is 1.14 bits per heavy atom. The Hall–Kier alpha value is -1.82. The number of hydrogen-bond acceptors (Lipinski definition) is 6. The van der Waals surface area contributed by atoms with Gasteiger partial charge in [0, 0.05) is 25.2 Å². The molecule has 0 radical (unpaired) electrons. The zero-order valence-electron chi connectivity index (χ0n) is 17.5. The van der Waals surface area contributed by atoms with E-state index < -0.39 is 35.2 Å². The number of aliphatic hydroxyl groups is 1. The SMILES string of the molecule is CC(=O)OCC(=O)[C@@]1(O)C(=O)C[C@H]2[C@@H]3CCC4=CC(=O)CC[C@]4(C)[C@H]3CC[C@@]21C. The highest BCUT2D eigenvalue weighted by atomic mass is 16.5. The fourth-order valence-electron chi connectivity index (χ4n) is 7.12. The van der Waals surface area contributed by atoms with Gasteiger partial charge >= 0.3 is 5.97 Å². The summed E-state index contributed by atoms with van der Waals surface area (Å²) < 4.78 is 4.82. The summed E-state index contributed by atoms with van der Waals surface area (Å²) in [6.07, 6.45) is 6.53. The van der Waals surface area contributed by atoms with Gasteiger partial charge in [0.2, 0.25) is 5.78 Å². The molecule has 158 valence electrons. The van der Waals surface area contributed by atoms with E-state index in [1.165, 1.54) is 12.5 Å². The highest BCUT2D eigenvalue weighted by Gasteiger charge is 2.70. The van der Waals surface area contributed by atoms with Gasteiger partial charge in [-0.2, -0.15) is 0 Å². The van der Waals surface area contributed by atoms with Crippen molar-refractivity contribution in [2.75, 3.05) is 6.61 Å². The molecule has 4 rings (SSSR count). The Morgan fingerprint density at radius 3 is 2.55 bits per heavy atom. The average molecular weight is 402 g/mol. The van der Waals surface area contributed by atoms with E-state index in [4.69, 9.17) is 4.74 Å². The number of allylic oxidation sites excluding steroid dienone is 1. The molecule has 3 fully saturated rings. The Morgan fingerprint density at radius 2 is 1.86 bits per heavy atom. The van der Waals surface area contributed by atoms with Gasteiger partial charge in [-0.1, -0.05) is 19.4 Å². The Balaban J connectivity index is 1.65. The van der Waals surface area contributed by atoms with E-state index in [0.29, 0.717) is 18.8 Å². The molecule has 0 aromatic carbocycles. The van der Waals surface area contributed by atoms with Gasteiger partial charge in [0.25, 0.3) is 0 Å². The minimum atomic E-state index is -2.09. The number of esters is 1. The molecule has 4 aliphatic carbocycles. The Kier molecular flexibility index (Phi) is 4.65. The summed E-state index contributed by atoms with van der Waals surface area (Å²) >= 11 is 0. The molecule has 0 heterocycles. The maximum atomic E-state index is 13.0. The van der Waals surface area contributed by atoms with Crippen LogP contribution in [-0.2, 0) is 23.9 Å². The van der Waals surface area contributed by atoms with Crippen molar-refractivity contribution >= 4 is 23.3 Å². The van der Waals surface area contributed by atoms with Crippen molar-refractivity contribution in [2.24, 2.45) is 28.6 Å². The van der Waals surface area contributed by atoms with Crippen LogP contribution in [0.1, 0.15) is 65.7 Å². The number of fused-ring (bicyclic) bond motifs is 5. The molecule has 0 saturated heterocycles. The van der Waals surface area contributed by atoms with Gasteiger partial charge in [-0.25, -0.2) is 0 Å². The van der Waals surface area contributed by atoms with Crippen molar-refractivity contribution < 1.29 is 29.0 Å². The molecule has 3 saturated carbocycles. The molecule has 4 aliphatic rings. The lowest BCUT2D eigenvalue weighted by Gasteiger charge is -2.58. The molecule has 0 amide bonds. The molecule has 0 unspecified atom stereocenters. The number of Topliss-reactive ketones (excluding diaryl/α,β-unsaturated/α-hetero) is 2. The fraction of sp³-hybridized carbons (Fsp3) is 0.739. The van der Waals surface area contributed by atoms with Gasteiger partial charge in [-0.05, 0) is 61.3 Å². The molecule has 29 heavy (non-hydrogen) atoms. The van der Waals surface area contributed by atoms with Gasteiger partial charge in [0.15, 0.2) is 23.8 Å². The smallest absolute Gasteiger partial charge is 0.303 e. The van der Waals surface area contributed by atoms with E-state index in [1.807, 2.05) is 13.0 Å². The molecular formula is C23H30O6. The quantitative estimate of drug-likeness (QED) is 0.576. The maximum Gasteiger partial charge on any atom is 0.303 e. The van der Waals surface area contributed by atoms with Gasteiger partial charge in [0.05, 0.1) is 0 Å². The molecular weight excluding hydrogens is 372 g/mol. The maximum absolute atomic E-state index is 13.0. The van der Waals surface area contributed by atoms with E-state index in [9.17, 15) is 24.3 Å². The number of hydrogen-bond donors (Lipinski definition) is 1. The molecule has 1 N–H and O–H groups in total. The van der Waals surface area contributed by atoms with Crippen molar-refractivity contribution in [2.45, 2.75) is 71.3 Å². The van der Waals surface area contributed by atoms with Crippen LogP contribution >= 0.6 is 0 Å². The van der Waals surface area contributed by atoms with Gasteiger partial charge < -0.3 is 9.84 Å². The van der Waals surface area contributed by atoms with E-state index in [0.717, 1.165) is 25.7 Å². The topological polar surface area (TPSA) is 97.7 Å².